The molecule has 1 rings (SSSR count). The third-order valence-electron chi connectivity index (χ3n) is 2.11. The van der Waals surface area contributed by atoms with Gasteiger partial charge in [-0.25, -0.2) is 4.39 Å². The summed E-state index contributed by atoms with van der Waals surface area (Å²) in [6.07, 6.45) is 0. The van der Waals surface area contributed by atoms with Crippen LogP contribution in [-0.2, 0) is 0 Å². The summed E-state index contributed by atoms with van der Waals surface area (Å²) in [5.41, 5.74) is 2.21. The molecule has 0 aliphatic rings. The normalized spacial score (nSPS) is 12.6. The second-order valence-electron chi connectivity index (χ2n) is 3.12. The predicted molar refractivity (Wildman–Crippen MR) is 49.6 cm³/mol. The third kappa shape index (κ3) is 1.94. The predicted octanol–water partition coefficient (Wildman–Crippen LogP) is 3.51. The van der Waals surface area contributed by atoms with Crippen LogP contribution in [0.15, 0.2) is 36.4 Å². The maximum atomic E-state index is 12.5. The van der Waals surface area contributed by atoms with Crippen LogP contribution in [0, 0.1) is 5.82 Å². The van der Waals surface area contributed by atoms with E-state index in [1.165, 1.54) is 12.1 Å². The molecular formula is C11H13F. The first-order valence-corrected chi connectivity index (χ1v) is 4.02. The summed E-state index contributed by atoms with van der Waals surface area (Å²) in [6.45, 7) is 7.91. The van der Waals surface area contributed by atoms with Gasteiger partial charge in [-0.1, -0.05) is 31.2 Å². The smallest absolute Gasteiger partial charge is 0.123 e. The molecule has 0 aliphatic heterocycles. The minimum absolute atomic E-state index is 0.187. The third-order valence-corrected chi connectivity index (χ3v) is 2.11. The maximum Gasteiger partial charge on any atom is 0.123 e. The van der Waals surface area contributed by atoms with Crippen LogP contribution in [0.3, 0.4) is 0 Å². The molecule has 0 saturated carbocycles. The second kappa shape index (κ2) is 3.53. The zero-order valence-electron chi connectivity index (χ0n) is 7.47. The van der Waals surface area contributed by atoms with Crippen molar-refractivity contribution in [3.63, 3.8) is 0 Å². The molecule has 0 radical (unpaired) electrons. The van der Waals surface area contributed by atoms with Crippen molar-refractivity contribution in [3.05, 3.63) is 47.8 Å². The van der Waals surface area contributed by atoms with Crippen LogP contribution in [0.25, 0.3) is 0 Å². The molecule has 0 amide bonds. The van der Waals surface area contributed by atoms with E-state index in [9.17, 15) is 4.39 Å². The number of hydrogen-bond acceptors (Lipinski definition) is 0. The number of halogens is 1. The van der Waals surface area contributed by atoms with Gasteiger partial charge in [0.1, 0.15) is 5.82 Å². The van der Waals surface area contributed by atoms with Gasteiger partial charge in [-0.3, -0.25) is 0 Å². The molecule has 1 heteroatoms. The SMILES string of the molecule is C=C(C)C(C)c1ccc(F)cc1. The van der Waals surface area contributed by atoms with E-state index in [0.717, 1.165) is 11.1 Å². The topological polar surface area (TPSA) is 0 Å². The van der Waals surface area contributed by atoms with Gasteiger partial charge >= 0.3 is 0 Å². The zero-order valence-corrected chi connectivity index (χ0v) is 7.47. The van der Waals surface area contributed by atoms with Crippen LogP contribution in [-0.4, -0.2) is 0 Å². The number of rotatable bonds is 2. The summed E-state index contributed by atoms with van der Waals surface area (Å²) in [6, 6.07) is 6.56. The highest BCUT2D eigenvalue weighted by molar-refractivity contribution is 5.26. The standard InChI is InChI=1S/C11H13F/c1-8(2)9(3)10-4-6-11(12)7-5-10/h4-7,9H,1H2,2-3H3. The van der Waals surface area contributed by atoms with Gasteiger partial charge in [-0.05, 0) is 24.6 Å². The Bertz CT molecular complexity index is 272. The Morgan fingerprint density at radius 2 is 1.83 bits per heavy atom. The van der Waals surface area contributed by atoms with E-state index in [2.05, 4.69) is 13.5 Å². The summed E-state index contributed by atoms with van der Waals surface area (Å²) in [4.78, 5) is 0. The summed E-state index contributed by atoms with van der Waals surface area (Å²) >= 11 is 0. The van der Waals surface area contributed by atoms with Crippen LogP contribution in [0.2, 0.25) is 0 Å². The van der Waals surface area contributed by atoms with E-state index in [0.29, 0.717) is 5.92 Å². The van der Waals surface area contributed by atoms with Crippen molar-refractivity contribution in [3.8, 4) is 0 Å². The Morgan fingerprint density at radius 1 is 1.33 bits per heavy atom. The highest BCUT2D eigenvalue weighted by Gasteiger charge is 2.04. The second-order valence-corrected chi connectivity index (χ2v) is 3.12. The highest BCUT2D eigenvalue weighted by atomic mass is 19.1. The molecule has 0 spiro atoms. The van der Waals surface area contributed by atoms with E-state index in [-0.39, 0.29) is 5.82 Å². The van der Waals surface area contributed by atoms with E-state index in [1.54, 1.807) is 12.1 Å². The summed E-state index contributed by atoms with van der Waals surface area (Å²) in [5.74, 6) is 0.123. The fourth-order valence-electron chi connectivity index (χ4n) is 1.04. The van der Waals surface area contributed by atoms with Crippen LogP contribution in [0.1, 0.15) is 25.3 Å². The molecule has 1 atom stereocenters. The van der Waals surface area contributed by atoms with Crippen molar-refractivity contribution in [2.75, 3.05) is 0 Å². The lowest BCUT2D eigenvalue weighted by Crippen LogP contribution is -1.93. The fraction of sp³-hybridized carbons (Fsp3) is 0.273. The minimum Gasteiger partial charge on any atom is -0.207 e. The summed E-state index contributed by atoms with van der Waals surface area (Å²) in [5, 5.41) is 0. The van der Waals surface area contributed by atoms with Crippen LogP contribution in [0.4, 0.5) is 4.39 Å². The number of benzene rings is 1. The molecule has 0 saturated heterocycles. The van der Waals surface area contributed by atoms with Gasteiger partial charge in [0.2, 0.25) is 0 Å². The summed E-state index contributed by atoms with van der Waals surface area (Å²) in [7, 11) is 0. The van der Waals surface area contributed by atoms with Crippen molar-refractivity contribution < 1.29 is 4.39 Å². The molecule has 0 aromatic heterocycles. The van der Waals surface area contributed by atoms with Gasteiger partial charge in [0, 0.05) is 5.92 Å². The molecule has 1 aromatic rings. The summed E-state index contributed by atoms with van der Waals surface area (Å²) < 4.78 is 12.5. The molecule has 0 fully saturated rings. The maximum absolute atomic E-state index is 12.5. The highest BCUT2D eigenvalue weighted by Crippen LogP contribution is 2.21. The number of allylic oxidation sites excluding steroid dienone is 1. The van der Waals surface area contributed by atoms with Gasteiger partial charge in [-0.2, -0.15) is 0 Å². The molecule has 1 aromatic carbocycles. The van der Waals surface area contributed by atoms with Crippen molar-refractivity contribution in [2.45, 2.75) is 19.8 Å². The van der Waals surface area contributed by atoms with Gasteiger partial charge in [0.05, 0.1) is 0 Å². The molecule has 0 aliphatic carbocycles. The fourth-order valence-corrected chi connectivity index (χ4v) is 1.04. The zero-order chi connectivity index (χ0) is 9.14. The monoisotopic (exact) mass is 164 g/mol. The average molecular weight is 164 g/mol. The average Bonchev–Trinajstić information content (AvgIpc) is 2.04. The molecule has 64 valence electrons. The molecule has 1 unspecified atom stereocenters. The molecule has 0 N–H and O–H groups in total. The van der Waals surface area contributed by atoms with Crippen molar-refractivity contribution in [2.24, 2.45) is 0 Å². The van der Waals surface area contributed by atoms with Gasteiger partial charge in [0.15, 0.2) is 0 Å². The first-order valence-electron chi connectivity index (χ1n) is 4.02. The van der Waals surface area contributed by atoms with Crippen LogP contribution < -0.4 is 0 Å². The first kappa shape index (κ1) is 8.98. The Balaban J connectivity index is 2.89. The van der Waals surface area contributed by atoms with Gasteiger partial charge in [-0.15, -0.1) is 0 Å². The van der Waals surface area contributed by atoms with Crippen LogP contribution >= 0.6 is 0 Å². The largest absolute Gasteiger partial charge is 0.207 e. The number of hydrogen-bond donors (Lipinski definition) is 0. The minimum atomic E-state index is -0.187. The molecule has 0 bridgehead atoms. The molecule has 0 heterocycles. The van der Waals surface area contributed by atoms with Crippen molar-refractivity contribution >= 4 is 0 Å². The van der Waals surface area contributed by atoms with Crippen LogP contribution in [0.5, 0.6) is 0 Å². The van der Waals surface area contributed by atoms with E-state index >= 15 is 0 Å². The van der Waals surface area contributed by atoms with Gasteiger partial charge < -0.3 is 0 Å². The Hall–Kier alpha value is -1.11. The lowest BCUT2D eigenvalue weighted by atomic mass is 9.95. The Kier molecular flexibility index (Phi) is 2.64. The van der Waals surface area contributed by atoms with Crippen molar-refractivity contribution in [1.82, 2.24) is 0 Å². The van der Waals surface area contributed by atoms with Gasteiger partial charge in [0.25, 0.3) is 0 Å². The van der Waals surface area contributed by atoms with E-state index in [1.807, 2.05) is 6.92 Å². The lowest BCUT2D eigenvalue weighted by molar-refractivity contribution is 0.626. The lowest BCUT2D eigenvalue weighted by Gasteiger charge is -2.10. The molecule has 0 nitrogen and oxygen atoms in total. The van der Waals surface area contributed by atoms with E-state index in [4.69, 9.17) is 0 Å². The molecule has 12 heavy (non-hydrogen) atoms. The Labute approximate surface area is 72.7 Å². The van der Waals surface area contributed by atoms with Crippen molar-refractivity contribution in [1.29, 1.82) is 0 Å². The van der Waals surface area contributed by atoms with E-state index < -0.39 is 0 Å². The Morgan fingerprint density at radius 3 is 2.25 bits per heavy atom. The first-order chi connectivity index (χ1) is 5.61. The quantitative estimate of drug-likeness (QED) is 0.587. The molecular weight excluding hydrogens is 151 g/mol.